The van der Waals surface area contributed by atoms with Crippen molar-refractivity contribution in [1.29, 1.82) is 0 Å². The monoisotopic (exact) mass is 190 g/mol. The van der Waals surface area contributed by atoms with Gasteiger partial charge in [0.25, 0.3) is 0 Å². The van der Waals surface area contributed by atoms with Crippen molar-refractivity contribution in [3.8, 4) is 0 Å². The Kier molecular flexibility index (Phi) is 6.39. The van der Waals surface area contributed by atoms with Gasteiger partial charge in [-0.25, -0.2) is 0 Å². The van der Waals surface area contributed by atoms with Crippen molar-refractivity contribution in [3.63, 3.8) is 0 Å². The highest BCUT2D eigenvalue weighted by molar-refractivity contribution is 6.33. The van der Waals surface area contributed by atoms with Crippen LogP contribution in [0.5, 0.6) is 0 Å². The van der Waals surface area contributed by atoms with Crippen molar-refractivity contribution in [1.82, 2.24) is 0 Å². The average molecular weight is 191 g/mol. The van der Waals surface area contributed by atoms with Gasteiger partial charge in [-0.15, -0.1) is 0 Å². The first-order valence-corrected chi connectivity index (χ1v) is 4.29. The number of hydrogen-bond donors (Lipinski definition) is 0. The third-order valence-corrected chi connectivity index (χ3v) is 1.35. The summed E-state index contributed by atoms with van der Waals surface area (Å²) in [6.07, 6.45) is 7.42. The van der Waals surface area contributed by atoms with Crippen LogP contribution in [-0.2, 0) is 0 Å². The molecule has 0 unspecified atom stereocenters. The lowest BCUT2D eigenvalue weighted by Crippen LogP contribution is -1.74. The zero-order chi connectivity index (χ0) is 8.69. The molecule has 0 N–H and O–H groups in total. The molecule has 0 bridgehead atoms. The summed E-state index contributed by atoms with van der Waals surface area (Å²) in [7, 11) is 0. The highest BCUT2D eigenvalue weighted by atomic mass is 35.5. The summed E-state index contributed by atoms with van der Waals surface area (Å²) in [5, 5.41) is 0.636. The highest BCUT2D eigenvalue weighted by Gasteiger charge is 1.82. The van der Waals surface area contributed by atoms with Crippen molar-refractivity contribution >= 4 is 23.2 Å². The molecule has 0 amide bonds. The van der Waals surface area contributed by atoms with Crippen LogP contribution in [-0.4, -0.2) is 0 Å². The summed E-state index contributed by atoms with van der Waals surface area (Å²) in [5.74, 6) is 0.552. The van der Waals surface area contributed by atoms with Crippen LogP contribution in [0.25, 0.3) is 0 Å². The lowest BCUT2D eigenvalue weighted by atomic mass is 10.2. The smallest absolute Gasteiger partial charge is 0.0414 e. The molecule has 0 aromatic carbocycles. The van der Waals surface area contributed by atoms with E-state index < -0.39 is 0 Å². The molecule has 0 aliphatic carbocycles. The molecule has 0 fully saturated rings. The maximum absolute atomic E-state index is 5.70. The summed E-state index contributed by atoms with van der Waals surface area (Å²) >= 11 is 11.0. The molecule has 0 aromatic heterocycles. The molecule has 0 rings (SSSR count). The first-order chi connectivity index (χ1) is 5.16. The van der Waals surface area contributed by atoms with E-state index in [2.05, 4.69) is 19.9 Å². The van der Waals surface area contributed by atoms with Gasteiger partial charge in [0.05, 0.1) is 0 Å². The molecule has 11 heavy (non-hydrogen) atoms. The Bertz CT molecular complexity index is 176. The van der Waals surface area contributed by atoms with Crippen molar-refractivity contribution in [2.45, 2.75) is 13.8 Å². The molecule has 0 radical (unpaired) electrons. The third-order valence-electron chi connectivity index (χ3n) is 0.974. The van der Waals surface area contributed by atoms with Crippen LogP contribution in [0.15, 0.2) is 34.9 Å². The van der Waals surface area contributed by atoms with E-state index in [1.807, 2.05) is 6.08 Å². The quantitative estimate of drug-likeness (QED) is 0.589. The van der Waals surface area contributed by atoms with E-state index in [1.165, 1.54) is 5.54 Å². The van der Waals surface area contributed by atoms with Gasteiger partial charge in [-0.1, -0.05) is 49.2 Å². The fourth-order valence-corrected chi connectivity index (χ4v) is 0.821. The predicted molar refractivity (Wildman–Crippen MR) is 52.9 cm³/mol. The molecule has 0 aliphatic rings. The van der Waals surface area contributed by atoms with Crippen molar-refractivity contribution < 1.29 is 0 Å². The molecular weight excluding hydrogens is 179 g/mol. The van der Waals surface area contributed by atoms with E-state index in [1.54, 1.807) is 12.2 Å². The van der Waals surface area contributed by atoms with Gasteiger partial charge in [-0.05, 0) is 18.1 Å². The molecule has 0 saturated heterocycles. The highest BCUT2D eigenvalue weighted by Crippen LogP contribution is 2.04. The van der Waals surface area contributed by atoms with Crippen LogP contribution in [0.1, 0.15) is 13.8 Å². The number of rotatable bonds is 3. The number of halogens is 2. The zero-order valence-corrected chi connectivity index (χ0v) is 8.23. The van der Waals surface area contributed by atoms with Gasteiger partial charge in [0.1, 0.15) is 0 Å². The lowest BCUT2D eigenvalue weighted by Gasteiger charge is -1.89. The molecule has 2 heteroatoms. The Morgan fingerprint density at radius 1 is 1.36 bits per heavy atom. The lowest BCUT2D eigenvalue weighted by molar-refractivity contribution is 0.832. The predicted octanol–water partition coefficient (Wildman–Crippen LogP) is 4.07. The summed E-state index contributed by atoms with van der Waals surface area (Å²) in [5.41, 5.74) is 1.39. The van der Waals surface area contributed by atoms with E-state index in [0.29, 0.717) is 11.0 Å². The second-order valence-corrected chi connectivity index (χ2v) is 3.16. The van der Waals surface area contributed by atoms with Crippen LogP contribution < -0.4 is 0 Å². The first kappa shape index (κ1) is 10.8. The van der Waals surface area contributed by atoms with Gasteiger partial charge in [0.2, 0.25) is 0 Å². The fraction of sp³-hybridized carbons (Fsp3) is 0.333. The Labute approximate surface area is 78.2 Å². The minimum absolute atomic E-state index is 0.552. The molecule has 62 valence electrons. The Morgan fingerprint density at radius 2 is 2.00 bits per heavy atom. The normalized spacial score (nSPS) is 14.1. The maximum Gasteiger partial charge on any atom is 0.0414 e. The molecule has 0 atom stereocenters. The van der Waals surface area contributed by atoms with Crippen LogP contribution in [0.2, 0.25) is 0 Å². The topological polar surface area (TPSA) is 0 Å². The summed E-state index contributed by atoms with van der Waals surface area (Å²) in [6.45, 7) is 4.21. The molecule has 0 aliphatic heterocycles. The Hall–Kier alpha value is -0.200. The number of allylic oxidation sites excluding steroid dienone is 5. The number of hydrogen-bond acceptors (Lipinski definition) is 0. The fourth-order valence-electron chi connectivity index (χ4n) is 0.485. The summed E-state index contributed by atoms with van der Waals surface area (Å²) in [4.78, 5) is 0. The molecule has 0 saturated carbocycles. The average Bonchev–Trinajstić information content (AvgIpc) is 1.87. The second kappa shape index (κ2) is 6.51. The first-order valence-electron chi connectivity index (χ1n) is 3.47. The van der Waals surface area contributed by atoms with E-state index >= 15 is 0 Å². The van der Waals surface area contributed by atoms with E-state index in [4.69, 9.17) is 23.2 Å². The van der Waals surface area contributed by atoms with Crippen LogP contribution in [0.3, 0.4) is 0 Å². The minimum Gasteiger partial charge on any atom is -0.0929 e. The SMILES string of the molecule is CC(C)/C=C/C=C(Cl)\C=C\Cl. The van der Waals surface area contributed by atoms with Crippen LogP contribution in [0, 0.1) is 5.92 Å². The second-order valence-electron chi connectivity index (χ2n) is 2.47. The van der Waals surface area contributed by atoms with E-state index in [0.717, 1.165) is 0 Å². The van der Waals surface area contributed by atoms with Gasteiger partial charge >= 0.3 is 0 Å². The standard InChI is InChI=1S/C9H12Cl2/c1-8(2)4-3-5-9(11)6-7-10/h3-8H,1-2H3/b4-3+,7-6+,9-5+. The summed E-state index contributed by atoms with van der Waals surface area (Å²) in [6, 6.07) is 0. The van der Waals surface area contributed by atoms with Crippen LogP contribution >= 0.6 is 23.2 Å². The van der Waals surface area contributed by atoms with Gasteiger partial charge in [0.15, 0.2) is 0 Å². The molecule has 0 aromatic rings. The molecule has 0 nitrogen and oxygen atoms in total. The summed E-state index contributed by atoms with van der Waals surface area (Å²) < 4.78 is 0. The Balaban J connectivity index is 3.91. The third kappa shape index (κ3) is 7.70. The van der Waals surface area contributed by atoms with Crippen molar-refractivity contribution in [2.24, 2.45) is 5.92 Å². The van der Waals surface area contributed by atoms with Crippen molar-refractivity contribution in [3.05, 3.63) is 34.9 Å². The minimum atomic E-state index is 0.552. The molecule has 0 heterocycles. The van der Waals surface area contributed by atoms with E-state index in [9.17, 15) is 0 Å². The van der Waals surface area contributed by atoms with Gasteiger partial charge in [0, 0.05) is 10.6 Å². The van der Waals surface area contributed by atoms with Crippen LogP contribution in [0.4, 0.5) is 0 Å². The zero-order valence-electron chi connectivity index (χ0n) is 6.72. The molecule has 0 spiro atoms. The van der Waals surface area contributed by atoms with Gasteiger partial charge < -0.3 is 0 Å². The maximum atomic E-state index is 5.70. The van der Waals surface area contributed by atoms with Gasteiger partial charge in [-0.3, -0.25) is 0 Å². The largest absolute Gasteiger partial charge is 0.0929 e. The molecular formula is C9H12Cl2. The van der Waals surface area contributed by atoms with Crippen molar-refractivity contribution in [2.75, 3.05) is 0 Å². The van der Waals surface area contributed by atoms with Gasteiger partial charge in [-0.2, -0.15) is 0 Å². The van der Waals surface area contributed by atoms with E-state index in [-0.39, 0.29) is 0 Å². The Morgan fingerprint density at radius 3 is 2.45 bits per heavy atom.